The summed E-state index contributed by atoms with van der Waals surface area (Å²) in [7, 11) is 3.90. The maximum absolute atomic E-state index is 8.99. The lowest BCUT2D eigenvalue weighted by molar-refractivity contribution is 0.181. The van der Waals surface area contributed by atoms with Crippen molar-refractivity contribution < 1.29 is 5.11 Å². The molecule has 4 heteroatoms. The van der Waals surface area contributed by atoms with E-state index in [0.717, 1.165) is 5.56 Å². The van der Waals surface area contributed by atoms with Gasteiger partial charge < -0.3 is 20.7 Å². The van der Waals surface area contributed by atoms with Gasteiger partial charge in [-0.1, -0.05) is 0 Å². The Labute approximate surface area is 78.4 Å². The summed E-state index contributed by atoms with van der Waals surface area (Å²) in [4.78, 5) is 4.98. The van der Waals surface area contributed by atoms with Crippen LogP contribution in [0, 0.1) is 0 Å². The van der Waals surface area contributed by atoms with Gasteiger partial charge in [0.25, 0.3) is 0 Å². The van der Waals surface area contributed by atoms with E-state index in [1.165, 1.54) is 0 Å². The van der Waals surface area contributed by atoms with Gasteiger partial charge in [-0.15, -0.1) is 0 Å². The molecular formula is C9H17N3O. The Morgan fingerprint density at radius 2 is 2.31 bits per heavy atom. The highest BCUT2D eigenvalue weighted by molar-refractivity contribution is 5.16. The number of aromatic amines is 1. The molecule has 2 atom stereocenters. The summed E-state index contributed by atoms with van der Waals surface area (Å²) in [5, 5.41) is 8.99. The molecule has 74 valence electrons. The van der Waals surface area contributed by atoms with Crippen LogP contribution in [-0.4, -0.2) is 41.7 Å². The van der Waals surface area contributed by atoms with Crippen molar-refractivity contribution in [2.45, 2.75) is 12.1 Å². The predicted molar refractivity (Wildman–Crippen MR) is 52.3 cm³/mol. The molecule has 0 radical (unpaired) electrons. The third-order valence-corrected chi connectivity index (χ3v) is 2.14. The maximum Gasteiger partial charge on any atom is 0.0601 e. The third kappa shape index (κ3) is 2.30. The molecule has 2 unspecified atom stereocenters. The summed E-state index contributed by atoms with van der Waals surface area (Å²) >= 11 is 0. The predicted octanol–water partition coefficient (Wildman–Crippen LogP) is -0.0630. The molecule has 1 aromatic rings. The highest BCUT2D eigenvalue weighted by atomic mass is 16.3. The molecule has 1 rings (SSSR count). The van der Waals surface area contributed by atoms with Crippen molar-refractivity contribution >= 4 is 0 Å². The van der Waals surface area contributed by atoms with Gasteiger partial charge in [-0.3, -0.25) is 0 Å². The van der Waals surface area contributed by atoms with Crippen LogP contribution in [-0.2, 0) is 0 Å². The van der Waals surface area contributed by atoms with Crippen LogP contribution in [0.15, 0.2) is 18.5 Å². The molecule has 0 aromatic carbocycles. The molecule has 0 aliphatic rings. The van der Waals surface area contributed by atoms with E-state index < -0.39 is 0 Å². The van der Waals surface area contributed by atoms with Crippen molar-refractivity contribution in [2.75, 3.05) is 20.7 Å². The lowest BCUT2D eigenvalue weighted by atomic mass is 10.0. The first kappa shape index (κ1) is 10.2. The highest BCUT2D eigenvalue weighted by Gasteiger charge is 2.21. The minimum absolute atomic E-state index is 0.00593. The van der Waals surface area contributed by atoms with Crippen LogP contribution >= 0.6 is 0 Å². The Balaban J connectivity index is 2.80. The molecule has 0 saturated heterocycles. The fourth-order valence-electron chi connectivity index (χ4n) is 1.55. The van der Waals surface area contributed by atoms with Gasteiger partial charge in [-0.05, 0) is 25.7 Å². The molecule has 0 amide bonds. The second-order valence-corrected chi connectivity index (χ2v) is 3.40. The van der Waals surface area contributed by atoms with Gasteiger partial charge in [0.05, 0.1) is 12.6 Å². The van der Waals surface area contributed by atoms with Crippen LogP contribution in [0.25, 0.3) is 0 Å². The van der Waals surface area contributed by atoms with Crippen LogP contribution in [0.1, 0.15) is 11.6 Å². The number of aromatic nitrogens is 1. The topological polar surface area (TPSA) is 65.3 Å². The first-order valence-electron chi connectivity index (χ1n) is 4.32. The first-order chi connectivity index (χ1) is 6.16. The molecule has 1 aromatic heterocycles. The summed E-state index contributed by atoms with van der Waals surface area (Å²) < 4.78 is 0. The second kappa shape index (κ2) is 4.41. The van der Waals surface area contributed by atoms with E-state index in [2.05, 4.69) is 4.98 Å². The molecule has 0 fully saturated rings. The molecule has 0 aliphatic heterocycles. The number of rotatable bonds is 4. The van der Waals surface area contributed by atoms with E-state index in [0.29, 0.717) is 0 Å². The van der Waals surface area contributed by atoms with Crippen molar-refractivity contribution in [1.82, 2.24) is 9.88 Å². The van der Waals surface area contributed by atoms with Crippen molar-refractivity contribution in [3.63, 3.8) is 0 Å². The number of hydrogen-bond donors (Lipinski definition) is 3. The van der Waals surface area contributed by atoms with Crippen molar-refractivity contribution in [3.05, 3.63) is 24.0 Å². The Morgan fingerprint density at radius 3 is 2.69 bits per heavy atom. The normalized spacial score (nSPS) is 16.1. The second-order valence-electron chi connectivity index (χ2n) is 3.40. The number of aliphatic hydroxyl groups is 1. The summed E-state index contributed by atoms with van der Waals surface area (Å²) in [6, 6.07) is 1.79. The molecule has 0 aliphatic carbocycles. The summed E-state index contributed by atoms with van der Waals surface area (Å²) in [5.74, 6) is 0. The van der Waals surface area contributed by atoms with Crippen molar-refractivity contribution in [2.24, 2.45) is 5.73 Å². The molecule has 0 saturated carbocycles. The molecule has 1 heterocycles. The quantitative estimate of drug-likeness (QED) is 0.612. The molecule has 0 bridgehead atoms. The molecule has 4 nitrogen and oxygen atoms in total. The summed E-state index contributed by atoms with van der Waals surface area (Å²) in [6.07, 6.45) is 3.76. The number of nitrogens with one attached hydrogen (secondary N) is 1. The van der Waals surface area contributed by atoms with Crippen LogP contribution < -0.4 is 5.73 Å². The van der Waals surface area contributed by atoms with E-state index in [1.807, 2.05) is 37.5 Å². The van der Waals surface area contributed by atoms with Gasteiger partial charge in [0.2, 0.25) is 0 Å². The fourth-order valence-corrected chi connectivity index (χ4v) is 1.55. The zero-order valence-corrected chi connectivity index (χ0v) is 8.07. The lowest BCUT2D eigenvalue weighted by Gasteiger charge is -2.28. The number of likely N-dealkylation sites (N-methyl/N-ethyl adjacent to an activating group) is 1. The smallest absolute Gasteiger partial charge is 0.0601 e. The van der Waals surface area contributed by atoms with Crippen molar-refractivity contribution in [1.29, 1.82) is 0 Å². The fraction of sp³-hybridized carbons (Fsp3) is 0.556. The van der Waals surface area contributed by atoms with E-state index >= 15 is 0 Å². The van der Waals surface area contributed by atoms with Gasteiger partial charge in [-0.25, -0.2) is 0 Å². The van der Waals surface area contributed by atoms with Gasteiger partial charge in [0.15, 0.2) is 0 Å². The summed E-state index contributed by atoms with van der Waals surface area (Å²) in [5.41, 5.74) is 6.91. The van der Waals surface area contributed by atoms with Gasteiger partial charge in [0.1, 0.15) is 0 Å². The van der Waals surface area contributed by atoms with Crippen LogP contribution in [0.3, 0.4) is 0 Å². The standard InChI is InChI=1S/C9H17N3O/c1-12(2)9(8(10)6-13)7-3-4-11-5-7/h3-5,8-9,11,13H,6,10H2,1-2H3. The molecule has 4 N–H and O–H groups in total. The maximum atomic E-state index is 8.99. The molecule has 13 heavy (non-hydrogen) atoms. The number of nitrogens with two attached hydrogens (primary N) is 1. The SMILES string of the molecule is CN(C)C(c1cc[nH]c1)C(N)CO. The number of nitrogens with zero attached hydrogens (tertiary/aromatic N) is 1. The highest BCUT2D eigenvalue weighted by Crippen LogP contribution is 2.19. The van der Waals surface area contributed by atoms with Crippen molar-refractivity contribution in [3.8, 4) is 0 Å². The average molecular weight is 183 g/mol. The zero-order chi connectivity index (χ0) is 9.84. The average Bonchev–Trinajstić information content (AvgIpc) is 2.56. The van der Waals surface area contributed by atoms with Gasteiger partial charge in [-0.2, -0.15) is 0 Å². The molecular weight excluding hydrogens is 166 g/mol. The number of H-pyrrole nitrogens is 1. The van der Waals surface area contributed by atoms with Gasteiger partial charge >= 0.3 is 0 Å². The van der Waals surface area contributed by atoms with E-state index in [4.69, 9.17) is 10.8 Å². The Morgan fingerprint density at radius 1 is 1.62 bits per heavy atom. The van der Waals surface area contributed by atoms with Gasteiger partial charge in [0, 0.05) is 18.4 Å². The van der Waals surface area contributed by atoms with Crippen LogP contribution in [0.4, 0.5) is 0 Å². The Kier molecular flexibility index (Phi) is 3.48. The minimum atomic E-state index is -0.245. The number of aliphatic hydroxyl groups excluding tert-OH is 1. The Bertz CT molecular complexity index is 233. The van der Waals surface area contributed by atoms with Crippen LogP contribution in [0.5, 0.6) is 0 Å². The largest absolute Gasteiger partial charge is 0.395 e. The van der Waals surface area contributed by atoms with Crippen LogP contribution in [0.2, 0.25) is 0 Å². The monoisotopic (exact) mass is 183 g/mol. The summed E-state index contributed by atoms with van der Waals surface area (Å²) in [6.45, 7) is -0.00593. The minimum Gasteiger partial charge on any atom is -0.395 e. The lowest BCUT2D eigenvalue weighted by Crippen LogP contribution is -2.39. The van der Waals surface area contributed by atoms with E-state index in [1.54, 1.807) is 0 Å². The molecule has 0 spiro atoms. The van der Waals surface area contributed by atoms with E-state index in [-0.39, 0.29) is 18.7 Å². The Hall–Kier alpha value is -0.840. The van der Waals surface area contributed by atoms with E-state index in [9.17, 15) is 0 Å². The third-order valence-electron chi connectivity index (χ3n) is 2.14. The first-order valence-corrected chi connectivity index (χ1v) is 4.32. The zero-order valence-electron chi connectivity index (χ0n) is 8.07. The number of hydrogen-bond acceptors (Lipinski definition) is 3.